The number of hydrogen-bond acceptors (Lipinski definition) is 0. The van der Waals surface area contributed by atoms with Gasteiger partial charge in [0.25, 0.3) is 0 Å². The van der Waals surface area contributed by atoms with Crippen molar-refractivity contribution in [2.45, 2.75) is 58.8 Å². The lowest BCUT2D eigenvalue weighted by Gasteiger charge is -2.18. The van der Waals surface area contributed by atoms with E-state index in [0.29, 0.717) is 5.56 Å². The smallest absolute Gasteiger partial charge is 0.131 e. The predicted molar refractivity (Wildman–Crippen MR) is 113 cm³/mol. The van der Waals surface area contributed by atoms with E-state index in [1.807, 2.05) is 36.4 Å². The molecule has 27 heavy (non-hydrogen) atoms. The van der Waals surface area contributed by atoms with Gasteiger partial charge in [0.05, 0.1) is 0 Å². The Balaban J connectivity index is 1.68. The van der Waals surface area contributed by atoms with Crippen LogP contribution in [-0.4, -0.2) is 0 Å². The standard InChI is InChI=1S/C26H29F/c1-3-5-20-7-9-21(10-8-20)11-12-22-13-16-24(17-14-22)25-18-15-23(6-4-2)19-26(25)27/h9,13-20H,3-8,10H2,1-2H3. The summed E-state index contributed by atoms with van der Waals surface area (Å²) in [6.45, 7) is 4.37. The summed E-state index contributed by atoms with van der Waals surface area (Å²) in [6.07, 6.45) is 10.4. The molecule has 1 heteroatoms. The molecule has 2 aromatic carbocycles. The molecule has 0 bridgehead atoms. The summed E-state index contributed by atoms with van der Waals surface area (Å²) in [5.41, 5.74) is 4.87. The maximum absolute atomic E-state index is 14.4. The van der Waals surface area contributed by atoms with Crippen molar-refractivity contribution in [2.75, 3.05) is 0 Å². The fourth-order valence-electron chi connectivity index (χ4n) is 3.79. The van der Waals surface area contributed by atoms with Gasteiger partial charge in [0.15, 0.2) is 0 Å². The maximum Gasteiger partial charge on any atom is 0.131 e. The van der Waals surface area contributed by atoms with Crippen LogP contribution in [0.2, 0.25) is 0 Å². The summed E-state index contributed by atoms with van der Waals surface area (Å²) in [4.78, 5) is 0. The van der Waals surface area contributed by atoms with Crippen LogP contribution in [0.4, 0.5) is 4.39 Å². The summed E-state index contributed by atoms with van der Waals surface area (Å²) >= 11 is 0. The first-order chi connectivity index (χ1) is 13.2. The van der Waals surface area contributed by atoms with Gasteiger partial charge in [0, 0.05) is 11.1 Å². The minimum atomic E-state index is -0.145. The van der Waals surface area contributed by atoms with Crippen molar-refractivity contribution in [3.63, 3.8) is 0 Å². The second kappa shape index (κ2) is 9.56. The average molecular weight is 361 g/mol. The number of rotatable bonds is 5. The Hall–Kier alpha value is -2.33. The van der Waals surface area contributed by atoms with Crippen molar-refractivity contribution in [1.82, 2.24) is 0 Å². The third-order valence-electron chi connectivity index (χ3n) is 5.35. The van der Waals surface area contributed by atoms with Crippen molar-refractivity contribution in [2.24, 2.45) is 5.92 Å². The average Bonchev–Trinajstić information content (AvgIpc) is 2.69. The van der Waals surface area contributed by atoms with Crippen LogP contribution in [0.3, 0.4) is 0 Å². The lowest BCUT2D eigenvalue weighted by atomic mass is 9.87. The van der Waals surface area contributed by atoms with Crippen LogP contribution in [0.15, 0.2) is 54.1 Å². The summed E-state index contributed by atoms with van der Waals surface area (Å²) in [5.74, 6) is 7.30. The second-order valence-electron chi connectivity index (χ2n) is 7.55. The molecule has 0 saturated carbocycles. The van der Waals surface area contributed by atoms with E-state index in [2.05, 4.69) is 31.8 Å². The lowest BCUT2D eigenvalue weighted by molar-refractivity contribution is 0.436. The van der Waals surface area contributed by atoms with Crippen molar-refractivity contribution in [3.05, 3.63) is 71.1 Å². The zero-order valence-electron chi connectivity index (χ0n) is 16.5. The fraction of sp³-hybridized carbons (Fsp3) is 0.385. The van der Waals surface area contributed by atoms with Crippen LogP contribution in [0.1, 0.15) is 63.5 Å². The first-order valence-corrected chi connectivity index (χ1v) is 10.3. The Morgan fingerprint density at radius 3 is 2.44 bits per heavy atom. The molecule has 0 radical (unpaired) electrons. The third kappa shape index (κ3) is 5.33. The molecule has 1 aliphatic carbocycles. The minimum absolute atomic E-state index is 0.145. The van der Waals surface area contributed by atoms with Crippen LogP contribution in [0.5, 0.6) is 0 Å². The van der Waals surface area contributed by atoms with Gasteiger partial charge in [-0.3, -0.25) is 0 Å². The Labute approximate surface area is 163 Å². The van der Waals surface area contributed by atoms with E-state index in [9.17, 15) is 4.39 Å². The zero-order valence-corrected chi connectivity index (χ0v) is 16.5. The van der Waals surface area contributed by atoms with Crippen molar-refractivity contribution in [1.29, 1.82) is 0 Å². The molecule has 0 amide bonds. The number of hydrogen-bond donors (Lipinski definition) is 0. The summed E-state index contributed by atoms with van der Waals surface area (Å²) in [6, 6.07) is 13.5. The van der Waals surface area contributed by atoms with Crippen LogP contribution < -0.4 is 0 Å². The van der Waals surface area contributed by atoms with Crippen molar-refractivity contribution in [3.8, 4) is 23.0 Å². The molecule has 2 aromatic rings. The molecule has 0 heterocycles. The molecule has 140 valence electrons. The predicted octanol–water partition coefficient (Wildman–Crippen LogP) is 7.32. The molecule has 0 nitrogen and oxygen atoms in total. The Morgan fingerprint density at radius 2 is 1.81 bits per heavy atom. The minimum Gasteiger partial charge on any atom is -0.206 e. The highest BCUT2D eigenvalue weighted by molar-refractivity contribution is 5.65. The monoisotopic (exact) mass is 360 g/mol. The van der Waals surface area contributed by atoms with Crippen LogP contribution in [-0.2, 0) is 6.42 Å². The van der Waals surface area contributed by atoms with Gasteiger partial charge in [-0.15, -0.1) is 0 Å². The van der Waals surface area contributed by atoms with Gasteiger partial charge in [-0.1, -0.05) is 75.3 Å². The van der Waals surface area contributed by atoms with Gasteiger partial charge in [0.2, 0.25) is 0 Å². The molecule has 0 aromatic heterocycles. The van der Waals surface area contributed by atoms with Gasteiger partial charge in [-0.25, -0.2) is 4.39 Å². The number of allylic oxidation sites excluding steroid dienone is 2. The maximum atomic E-state index is 14.4. The van der Waals surface area contributed by atoms with Gasteiger partial charge >= 0.3 is 0 Å². The molecule has 1 unspecified atom stereocenters. The zero-order chi connectivity index (χ0) is 19.1. The van der Waals surface area contributed by atoms with E-state index >= 15 is 0 Å². The SMILES string of the molecule is CCCc1ccc(-c2ccc(C#CC3=CCC(CCC)CC3)cc2)c(F)c1. The third-order valence-corrected chi connectivity index (χ3v) is 5.35. The normalized spacial score (nSPS) is 16.4. The molecule has 0 N–H and O–H groups in total. The summed E-state index contributed by atoms with van der Waals surface area (Å²) < 4.78 is 14.4. The largest absolute Gasteiger partial charge is 0.206 e. The van der Waals surface area contributed by atoms with Crippen LogP contribution >= 0.6 is 0 Å². The van der Waals surface area contributed by atoms with E-state index in [-0.39, 0.29) is 5.82 Å². The quantitative estimate of drug-likeness (QED) is 0.490. The Kier molecular flexibility index (Phi) is 6.88. The van der Waals surface area contributed by atoms with Crippen LogP contribution in [0, 0.1) is 23.6 Å². The van der Waals surface area contributed by atoms with Gasteiger partial charge in [-0.2, -0.15) is 0 Å². The number of aryl methyl sites for hydroxylation is 1. The molecule has 1 atom stereocenters. The first-order valence-electron chi connectivity index (χ1n) is 10.3. The topological polar surface area (TPSA) is 0 Å². The van der Waals surface area contributed by atoms with Crippen molar-refractivity contribution < 1.29 is 4.39 Å². The van der Waals surface area contributed by atoms with Gasteiger partial charge in [0.1, 0.15) is 5.82 Å². The van der Waals surface area contributed by atoms with E-state index < -0.39 is 0 Å². The first kappa shape index (κ1) is 19.4. The van der Waals surface area contributed by atoms with Gasteiger partial charge in [-0.05, 0) is 66.5 Å². The molecular weight excluding hydrogens is 331 g/mol. The number of halogens is 1. The van der Waals surface area contributed by atoms with E-state index in [0.717, 1.165) is 41.9 Å². The highest BCUT2D eigenvalue weighted by Crippen LogP contribution is 2.27. The Bertz CT molecular complexity index is 846. The molecule has 0 aliphatic heterocycles. The van der Waals surface area contributed by atoms with E-state index in [1.165, 1.54) is 31.3 Å². The molecule has 1 aliphatic rings. The van der Waals surface area contributed by atoms with Crippen molar-refractivity contribution >= 4 is 0 Å². The van der Waals surface area contributed by atoms with E-state index in [1.54, 1.807) is 6.07 Å². The highest BCUT2D eigenvalue weighted by atomic mass is 19.1. The lowest BCUT2D eigenvalue weighted by Crippen LogP contribution is -2.04. The molecule has 0 spiro atoms. The summed E-state index contributed by atoms with van der Waals surface area (Å²) in [5, 5.41) is 0. The summed E-state index contributed by atoms with van der Waals surface area (Å²) in [7, 11) is 0. The van der Waals surface area contributed by atoms with Crippen LogP contribution in [0.25, 0.3) is 11.1 Å². The molecule has 0 saturated heterocycles. The molecular formula is C26H29F. The number of benzene rings is 2. The highest BCUT2D eigenvalue weighted by Gasteiger charge is 2.12. The molecule has 0 fully saturated rings. The fourth-order valence-corrected chi connectivity index (χ4v) is 3.79. The van der Waals surface area contributed by atoms with E-state index in [4.69, 9.17) is 0 Å². The second-order valence-corrected chi connectivity index (χ2v) is 7.55. The Morgan fingerprint density at radius 1 is 1.00 bits per heavy atom. The molecule has 3 rings (SSSR count). The van der Waals surface area contributed by atoms with Gasteiger partial charge < -0.3 is 0 Å².